The van der Waals surface area contributed by atoms with Gasteiger partial charge in [-0.15, -0.1) is 0 Å². The van der Waals surface area contributed by atoms with Gasteiger partial charge in [-0.25, -0.2) is 0 Å². The number of primary amides is 1. The van der Waals surface area contributed by atoms with E-state index in [1.165, 1.54) is 12.2 Å². The van der Waals surface area contributed by atoms with Crippen molar-refractivity contribution in [3.05, 3.63) is 56.7 Å². The van der Waals surface area contributed by atoms with Crippen molar-refractivity contribution in [1.82, 2.24) is 10.2 Å². The Morgan fingerprint density at radius 3 is 2.70 bits per heavy atom. The van der Waals surface area contributed by atoms with Gasteiger partial charge in [-0.2, -0.15) is 0 Å². The molecule has 0 saturated carbocycles. The van der Waals surface area contributed by atoms with E-state index in [2.05, 4.69) is 10.2 Å². The third-order valence-electron chi connectivity index (χ3n) is 4.22. The maximum atomic E-state index is 12.1. The maximum Gasteiger partial charge on any atom is 0.264 e. The fourth-order valence-electron chi connectivity index (χ4n) is 2.67. The number of allylic oxidation sites excluding steroid dienone is 2. The van der Waals surface area contributed by atoms with Crippen molar-refractivity contribution in [2.75, 3.05) is 32.0 Å². The first-order valence-corrected chi connectivity index (χ1v) is 10.9. The van der Waals surface area contributed by atoms with E-state index < -0.39 is 5.91 Å². The Bertz CT molecular complexity index is 834. The highest BCUT2D eigenvalue weighted by Crippen LogP contribution is 2.23. The summed E-state index contributed by atoms with van der Waals surface area (Å²) in [5, 5.41) is 4.25. The monoisotopic (exact) mass is 473 g/mol. The second-order valence-corrected chi connectivity index (χ2v) is 8.49. The fourth-order valence-corrected chi connectivity index (χ4v) is 3.56. The van der Waals surface area contributed by atoms with E-state index in [0.717, 1.165) is 30.4 Å². The van der Waals surface area contributed by atoms with Crippen molar-refractivity contribution < 1.29 is 14.3 Å². The molecule has 164 valence electrons. The van der Waals surface area contributed by atoms with Gasteiger partial charge in [0.25, 0.3) is 5.91 Å². The van der Waals surface area contributed by atoms with Crippen LogP contribution in [0.2, 0.25) is 10.0 Å². The summed E-state index contributed by atoms with van der Waals surface area (Å²) in [4.78, 5) is 25.1. The summed E-state index contributed by atoms with van der Waals surface area (Å²) >= 11 is 13.2. The van der Waals surface area contributed by atoms with Gasteiger partial charge in [0, 0.05) is 26.2 Å². The molecule has 0 aliphatic carbocycles. The highest BCUT2D eigenvalue weighted by molar-refractivity contribution is 8.03. The number of halogens is 2. The predicted octanol–water partition coefficient (Wildman–Crippen LogP) is 1.17. The molecule has 1 aromatic rings. The van der Waals surface area contributed by atoms with Crippen LogP contribution in [0.3, 0.4) is 0 Å². The quantitative estimate of drug-likeness (QED) is 0.312. The van der Waals surface area contributed by atoms with Crippen LogP contribution in [0.1, 0.15) is 5.56 Å². The Morgan fingerprint density at radius 1 is 1.23 bits per heavy atom. The van der Waals surface area contributed by atoms with Crippen LogP contribution in [-0.4, -0.2) is 54.8 Å². The lowest BCUT2D eigenvalue weighted by Crippen LogP contribution is -2.47. The molecule has 2 rings (SSSR count). The highest BCUT2D eigenvalue weighted by Gasteiger charge is 2.21. The number of morpholine rings is 1. The second kappa shape index (κ2) is 12.1. The van der Waals surface area contributed by atoms with E-state index in [1.54, 1.807) is 6.07 Å². The number of hydrogen-bond donors (Lipinski definition) is 4. The van der Waals surface area contributed by atoms with Crippen LogP contribution in [0, 0.1) is 0 Å². The molecule has 1 saturated heterocycles. The zero-order chi connectivity index (χ0) is 22.1. The molecule has 0 aromatic heterocycles. The summed E-state index contributed by atoms with van der Waals surface area (Å²) in [6.07, 6.45) is 2.63. The first-order chi connectivity index (χ1) is 14.2. The Hall–Kier alpha value is -1.91. The number of ether oxygens (including phenoxy) is 1. The molecule has 7 N–H and O–H groups in total. The Morgan fingerprint density at radius 2 is 2.00 bits per heavy atom. The van der Waals surface area contributed by atoms with Gasteiger partial charge in [0.05, 0.1) is 39.2 Å². The van der Waals surface area contributed by atoms with Crippen LogP contribution in [0.5, 0.6) is 0 Å². The molecule has 8 nitrogen and oxygen atoms in total. The van der Waals surface area contributed by atoms with Crippen molar-refractivity contribution >= 4 is 46.8 Å². The van der Waals surface area contributed by atoms with Gasteiger partial charge in [-0.3, -0.25) is 14.5 Å². The first kappa shape index (κ1) is 24.4. The van der Waals surface area contributed by atoms with Gasteiger partial charge in [-0.1, -0.05) is 41.0 Å². The number of hydrogen-bond acceptors (Lipinski definition) is 7. The number of nitrogens with one attached hydrogen (secondary N) is 1. The van der Waals surface area contributed by atoms with Crippen LogP contribution in [0.4, 0.5) is 0 Å². The molecule has 1 aliphatic heterocycles. The van der Waals surface area contributed by atoms with E-state index >= 15 is 0 Å². The van der Waals surface area contributed by atoms with Crippen molar-refractivity contribution in [2.24, 2.45) is 17.2 Å². The van der Waals surface area contributed by atoms with Gasteiger partial charge >= 0.3 is 0 Å². The van der Waals surface area contributed by atoms with E-state index in [1.807, 2.05) is 12.1 Å². The zero-order valence-electron chi connectivity index (χ0n) is 16.3. The number of carbonyl (C=O) groups excluding carboxylic acids is 2. The summed E-state index contributed by atoms with van der Waals surface area (Å²) in [5.41, 5.74) is 17.1. The molecule has 1 heterocycles. The Balaban J connectivity index is 1.73. The molecule has 1 atom stereocenters. The summed E-state index contributed by atoms with van der Waals surface area (Å²) in [5.74, 6) is -0.775. The lowest BCUT2D eigenvalue weighted by molar-refractivity contribution is -0.119. The summed E-state index contributed by atoms with van der Waals surface area (Å²) < 4.78 is 5.74. The number of benzene rings is 1. The van der Waals surface area contributed by atoms with Crippen LogP contribution in [-0.2, 0) is 20.9 Å². The standard InChI is InChI=1S/C19H25Cl2N5O3S/c20-14-2-1-12(7-15(14)21)9-26-5-6-29-13(10-26)8-25-18(27)11-30-17(23)4-3-16(22)19(24)28/h1-4,7,13H,5-6,8-11,22-23H2,(H2,24,28)(H,25,27)/b16-3-,17-4+. The minimum absolute atomic E-state index is 0.108. The van der Waals surface area contributed by atoms with E-state index in [4.69, 9.17) is 45.1 Å². The normalized spacial score (nSPS) is 18.3. The van der Waals surface area contributed by atoms with Gasteiger partial charge in [0.2, 0.25) is 5.91 Å². The Kier molecular flexibility index (Phi) is 9.80. The molecule has 30 heavy (non-hydrogen) atoms. The van der Waals surface area contributed by atoms with Gasteiger partial charge in [0.1, 0.15) is 0 Å². The molecule has 0 spiro atoms. The smallest absolute Gasteiger partial charge is 0.264 e. The van der Waals surface area contributed by atoms with Gasteiger partial charge < -0.3 is 27.3 Å². The van der Waals surface area contributed by atoms with Crippen molar-refractivity contribution in [2.45, 2.75) is 12.6 Å². The maximum absolute atomic E-state index is 12.1. The number of nitrogens with two attached hydrogens (primary N) is 3. The average molecular weight is 474 g/mol. The van der Waals surface area contributed by atoms with Crippen molar-refractivity contribution in [3.8, 4) is 0 Å². The second-order valence-electron chi connectivity index (χ2n) is 6.62. The SMILES string of the molecule is NC(=O)/C(N)=C/C=C(\N)SCC(=O)NCC1CN(Cc2ccc(Cl)c(Cl)c2)CCO1. The molecular weight excluding hydrogens is 449 g/mol. The number of nitrogens with zero attached hydrogens (tertiary/aromatic N) is 1. The number of carbonyl (C=O) groups is 2. The number of amides is 2. The summed E-state index contributed by atoms with van der Waals surface area (Å²) in [6, 6.07) is 5.59. The molecule has 0 radical (unpaired) electrons. The van der Waals surface area contributed by atoms with Crippen molar-refractivity contribution in [1.29, 1.82) is 0 Å². The Labute approximate surface area is 189 Å². The topological polar surface area (TPSA) is 137 Å². The molecule has 0 bridgehead atoms. The fraction of sp³-hybridized carbons (Fsp3) is 0.368. The van der Waals surface area contributed by atoms with Gasteiger partial charge in [0.15, 0.2) is 0 Å². The minimum Gasteiger partial charge on any atom is -0.394 e. The first-order valence-electron chi connectivity index (χ1n) is 9.14. The van der Waals surface area contributed by atoms with Gasteiger partial charge in [-0.05, 0) is 29.8 Å². The third kappa shape index (κ3) is 8.45. The lowest BCUT2D eigenvalue weighted by Gasteiger charge is -2.33. The van der Waals surface area contributed by atoms with Crippen molar-refractivity contribution in [3.63, 3.8) is 0 Å². The molecule has 1 aliphatic rings. The molecule has 1 aromatic carbocycles. The largest absolute Gasteiger partial charge is 0.394 e. The zero-order valence-corrected chi connectivity index (χ0v) is 18.6. The molecular formula is C19H25Cl2N5O3S. The molecule has 1 unspecified atom stereocenters. The van der Waals surface area contributed by atoms with Crippen LogP contribution in [0.15, 0.2) is 41.1 Å². The summed E-state index contributed by atoms with van der Waals surface area (Å²) in [7, 11) is 0. The summed E-state index contributed by atoms with van der Waals surface area (Å²) in [6.45, 7) is 3.19. The highest BCUT2D eigenvalue weighted by atomic mass is 35.5. The number of thioether (sulfide) groups is 1. The van der Waals surface area contributed by atoms with E-state index in [-0.39, 0.29) is 23.5 Å². The molecule has 2 amide bonds. The van der Waals surface area contributed by atoms with Crippen LogP contribution >= 0.6 is 35.0 Å². The predicted molar refractivity (Wildman–Crippen MR) is 121 cm³/mol. The minimum atomic E-state index is -0.734. The molecule has 11 heteroatoms. The lowest BCUT2D eigenvalue weighted by atomic mass is 10.2. The van der Waals surface area contributed by atoms with E-state index in [9.17, 15) is 9.59 Å². The van der Waals surface area contributed by atoms with Crippen LogP contribution in [0.25, 0.3) is 0 Å². The van der Waals surface area contributed by atoms with Crippen LogP contribution < -0.4 is 22.5 Å². The number of rotatable bonds is 9. The average Bonchev–Trinajstić information content (AvgIpc) is 2.71. The molecule has 1 fully saturated rings. The third-order valence-corrected chi connectivity index (χ3v) is 5.84. The van der Waals surface area contributed by atoms with E-state index in [0.29, 0.717) is 34.8 Å².